The Kier molecular flexibility index (Phi) is 6.96. The fourth-order valence-electron chi connectivity index (χ4n) is 3.87. The summed E-state index contributed by atoms with van der Waals surface area (Å²) in [5.74, 6) is -0.529. The molecule has 0 saturated heterocycles. The monoisotopic (exact) mass is 444 g/mol. The molecule has 0 unspecified atom stereocenters. The molecule has 0 radical (unpaired) electrons. The number of benzene rings is 3. The van der Waals surface area contributed by atoms with Gasteiger partial charge in [-0.25, -0.2) is 0 Å². The first kappa shape index (κ1) is 22.2. The predicted octanol–water partition coefficient (Wildman–Crippen LogP) is 5.00. The Morgan fingerprint density at radius 1 is 0.969 bits per heavy atom. The minimum absolute atomic E-state index is 0.0139. The van der Waals surface area contributed by atoms with E-state index in [2.05, 4.69) is 48.6 Å². The standard InChI is InChI=1S/C27H28N2O2S/c1-19-12-14-22(15-13-19)18-29-23-10-6-7-11-24(23)32-25(27(29)31)20(2)26(30)28-17-16-21-8-4-3-5-9-21/h3-15,20,25H,16-18H2,1-2H3,(H,28,30)/t20-,25+/m0/s1. The smallest absolute Gasteiger partial charge is 0.241 e. The second-order valence-electron chi connectivity index (χ2n) is 8.23. The number of carbonyl (C=O) groups excluding carboxylic acids is 2. The zero-order chi connectivity index (χ0) is 22.5. The highest BCUT2D eigenvalue weighted by Crippen LogP contribution is 2.42. The first-order valence-corrected chi connectivity index (χ1v) is 11.8. The highest BCUT2D eigenvalue weighted by Gasteiger charge is 2.39. The summed E-state index contributed by atoms with van der Waals surface area (Å²) < 4.78 is 0. The Morgan fingerprint density at radius 2 is 1.66 bits per heavy atom. The number of anilines is 1. The van der Waals surface area contributed by atoms with Crippen LogP contribution in [0, 0.1) is 12.8 Å². The molecule has 2 amide bonds. The number of rotatable bonds is 7. The van der Waals surface area contributed by atoms with E-state index in [4.69, 9.17) is 0 Å². The second kappa shape index (κ2) is 10.0. The van der Waals surface area contributed by atoms with Crippen molar-refractivity contribution in [2.75, 3.05) is 11.4 Å². The lowest BCUT2D eigenvalue weighted by Crippen LogP contribution is -2.47. The summed E-state index contributed by atoms with van der Waals surface area (Å²) in [6, 6.07) is 26.3. The van der Waals surface area contributed by atoms with Gasteiger partial charge in [0.15, 0.2) is 0 Å². The van der Waals surface area contributed by atoms with Gasteiger partial charge in [0.1, 0.15) is 5.25 Å². The van der Waals surface area contributed by atoms with E-state index in [1.807, 2.05) is 54.3 Å². The van der Waals surface area contributed by atoms with Crippen molar-refractivity contribution in [3.63, 3.8) is 0 Å². The van der Waals surface area contributed by atoms with Gasteiger partial charge in [0.05, 0.1) is 18.2 Å². The van der Waals surface area contributed by atoms with Crippen LogP contribution in [0.3, 0.4) is 0 Å². The molecule has 5 heteroatoms. The van der Waals surface area contributed by atoms with Crippen LogP contribution in [0.1, 0.15) is 23.6 Å². The molecule has 0 aliphatic carbocycles. The van der Waals surface area contributed by atoms with Crippen molar-refractivity contribution < 1.29 is 9.59 Å². The number of amides is 2. The van der Waals surface area contributed by atoms with Gasteiger partial charge in [-0.15, -0.1) is 11.8 Å². The van der Waals surface area contributed by atoms with Crippen molar-refractivity contribution in [1.29, 1.82) is 0 Å². The summed E-state index contributed by atoms with van der Waals surface area (Å²) in [5.41, 5.74) is 4.36. The zero-order valence-corrected chi connectivity index (χ0v) is 19.3. The number of nitrogens with zero attached hydrogens (tertiary/aromatic N) is 1. The first-order valence-electron chi connectivity index (χ1n) is 11.0. The summed E-state index contributed by atoms with van der Waals surface area (Å²) in [7, 11) is 0. The highest BCUT2D eigenvalue weighted by atomic mass is 32.2. The van der Waals surface area contributed by atoms with Crippen molar-refractivity contribution in [3.05, 3.63) is 95.6 Å². The largest absolute Gasteiger partial charge is 0.355 e. The molecule has 0 fully saturated rings. The number of hydrogen-bond donors (Lipinski definition) is 1. The molecular weight excluding hydrogens is 416 g/mol. The summed E-state index contributed by atoms with van der Waals surface area (Å²) >= 11 is 1.50. The topological polar surface area (TPSA) is 49.4 Å². The second-order valence-corrected chi connectivity index (χ2v) is 9.41. The van der Waals surface area contributed by atoms with E-state index in [1.54, 1.807) is 0 Å². The Bertz CT molecular complexity index is 1080. The normalized spacial score (nSPS) is 16.4. The summed E-state index contributed by atoms with van der Waals surface area (Å²) in [6.45, 7) is 4.96. The number of aryl methyl sites for hydroxylation is 1. The maximum Gasteiger partial charge on any atom is 0.241 e. The Labute approximate surface area is 194 Å². The van der Waals surface area contributed by atoms with Crippen molar-refractivity contribution in [2.45, 2.75) is 37.0 Å². The summed E-state index contributed by atoms with van der Waals surface area (Å²) in [4.78, 5) is 29.3. The van der Waals surface area contributed by atoms with Crippen LogP contribution < -0.4 is 10.2 Å². The van der Waals surface area contributed by atoms with Crippen LogP contribution in [0.2, 0.25) is 0 Å². The van der Waals surface area contributed by atoms with E-state index in [-0.39, 0.29) is 11.8 Å². The Morgan fingerprint density at radius 3 is 2.41 bits per heavy atom. The lowest BCUT2D eigenvalue weighted by molar-refractivity contribution is -0.128. The summed E-state index contributed by atoms with van der Waals surface area (Å²) in [5, 5.41) is 2.57. The molecule has 1 aliphatic heterocycles. The van der Waals surface area contributed by atoms with Crippen LogP contribution >= 0.6 is 11.8 Å². The Balaban J connectivity index is 1.47. The molecule has 164 valence electrons. The van der Waals surface area contributed by atoms with Gasteiger partial charge in [-0.2, -0.15) is 0 Å². The molecule has 2 atom stereocenters. The SMILES string of the molecule is Cc1ccc(CN2C(=O)[C@@H]([C@H](C)C(=O)NCCc3ccccc3)Sc3ccccc32)cc1. The van der Waals surface area contributed by atoms with Crippen molar-refractivity contribution in [2.24, 2.45) is 5.92 Å². The third kappa shape index (κ3) is 5.05. The quantitative estimate of drug-likeness (QED) is 0.558. The molecule has 0 saturated carbocycles. The molecule has 0 spiro atoms. The number of thioether (sulfide) groups is 1. The summed E-state index contributed by atoms with van der Waals surface area (Å²) in [6.07, 6.45) is 0.771. The molecule has 1 aliphatic rings. The fourth-order valence-corrected chi connectivity index (χ4v) is 5.15. The minimum Gasteiger partial charge on any atom is -0.355 e. The number of nitrogens with one attached hydrogen (secondary N) is 1. The lowest BCUT2D eigenvalue weighted by atomic mass is 10.0. The van der Waals surface area contributed by atoms with Gasteiger partial charge >= 0.3 is 0 Å². The van der Waals surface area contributed by atoms with Crippen LogP contribution in [0.25, 0.3) is 0 Å². The molecule has 4 nitrogen and oxygen atoms in total. The molecule has 1 heterocycles. The molecule has 0 bridgehead atoms. The molecule has 0 aromatic heterocycles. The van der Waals surface area contributed by atoms with Crippen LogP contribution in [0.4, 0.5) is 5.69 Å². The molecule has 1 N–H and O–H groups in total. The van der Waals surface area contributed by atoms with Gasteiger partial charge in [-0.1, -0.05) is 79.2 Å². The molecule has 3 aromatic carbocycles. The minimum atomic E-state index is -0.452. The third-order valence-corrected chi connectivity index (χ3v) is 7.27. The number of hydrogen-bond acceptors (Lipinski definition) is 3. The van der Waals surface area contributed by atoms with Crippen molar-refractivity contribution in [1.82, 2.24) is 5.32 Å². The molecule has 32 heavy (non-hydrogen) atoms. The predicted molar refractivity (Wildman–Crippen MR) is 131 cm³/mol. The first-order chi connectivity index (χ1) is 15.5. The average molecular weight is 445 g/mol. The number of fused-ring (bicyclic) bond motifs is 1. The maximum atomic E-state index is 13.5. The van der Waals surface area contributed by atoms with E-state index in [9.17, 15) is 9.59 Å². The third-order valence-electron chi connectivity index (χ3n) is 5.80. The van der Waals surface area contributed by atoms with Crippen molar-refractivity contribution in [3.8, 4) is 0 Å². The van der Waals surface area contributed by atoms with Crippen LogP contribution in [0.5, 0.6) is 0 Å². The molecule has 3 aromatic rings. The van der Waals surface area contributed by atoms with Gasteiger partial charge in [-0.3, -0.25) is 9.59 Å². The van der Waals surface area contributed by atoms with Crippen LogP contribution in [-0.4, -0.2) is 23.6 Å². The van der Waals surface area contributed by atoms with E-state index in [1.165, 1.54) is 22.9 Å². The van der Waals surface area contributed by atoms with E-state index in [0.717, 1.165) is 22.6 Å². The lowest BCUT2D eigenvalue weighted by Gasteiger charge is -2.35. The number of carbonyl (C=O) groups is 2. The van der Waals surface area contributed by atoms with Crippen molar-refractivity contribution >= 4 is 29.3 Å². The average Bonchev–Trinajstić information content (AvgIpc) is 2.82. The molecular formula is C27H28N2O2S. The van der Waals surface area contributed by atoms with E-state index in [0.29, 0.717) is 13.1 Å². The fraction of sp³-hybridized carbons (Fsp3) is 0.259. The van der Waals surface area contributed by atoms with Gasteiger partial charge in [0, 0.05) is 11.4 Å². The maximum absolute atomic E-state index is 13.5. The highest BCUT2D eigenvalue weighted by molar-refractivity contribution is 8.01. The van der Waals surface area contributed by atoms with Crippen LogP contribution in [0.15, 0.2) is 83.8 Å². The number of para-hydroxylation sites is 1. The van der Waals surface area contributed by atoms with E-state index < -0.39 is 11.2 Å². The zero-order valence-electron chi connectivity index (χ0n) is 18.5. The van der Waals surface area contributed by atoms with Gasteiger partial charge in [0.25, 0.3) is 0 Å². The van der Waals surface area contributed by atoms with Gasteiger partial charge in [-0.05, 0) is 36.6 Å². The van der Waals surface area contributed by atoms with E-state index >= 15 is 0 Å². The van der Waals surface area contributed by atoms with Gasteiger partial charge < -0.3 is 10.2 Å². The Hall–Kier alpha value is -3.05. The van der Waals surface area contributed by atoms with Gasteiger partial charge in [0.2, 0.25) is 11.8 Å². The van der Waals surface area contributed by atoms with Crippen LogP contribution in [-0.2, 0) is 22.6 Å². The molecule has 4 rings (SSSR count).